The van der Waals surface area contributed by atoms with Crippen LogP contribution in [0.25, 0.3) is 0 Å². The van der Waals surface area contributed by atoms with Crippen molar-refractivity contribution in [1.82, 2.24) is 4.90 Å². The van der Waals surface area contributed by atoms with Crippen LogP contribution in [0.2, 0.25) is 0 Å². The monoisotopic (exact) mass is 253 g/mol. The lowest BCUT2D eigenvalue weighted by Gasteiger charge is -2.31. The van der Waals surface area contributed by atoms with Crippen LogP contribution in [0.1, 0.15) is 51.4 Å². The van der Waals surface area contributed by atoms with E-state index in [4.69, 9.17) is 5.11 Å². The van der Waals surface area contributed by atoms with E-state index in [9.17, 15) is 4.79 Å². The Morgan fingerprint density at radius 2 is 1.78 bits per heavy atom. The standard InChI is InChI=1S/C15H27NO2/c1-16(10-9-12-3-2-4-12)15(18)14-7-5-13(11-17)6-8-14/h12-14,17H,2-11H2,1H3. The van der Waals surface area contributed by atoms with Gasteiger partial charge < -0.3 is 10.0 Å². The molecule has 0 aliphatic heterocycles. The van der Waals surface area contributed by atoms with Gasteiger partial charge in [-0.1, -0.05) is 19.3 Å². The number of carbonyl (C=O) groups is 1. The summed E-state index contributed by atoms with van der Waals surface area (Å²) in [6, 6.07) is 0. The average Bonchev–Trinajstić information content (AvgIpc) is 2.36. The van der Waals surface area contributed by atoms with Crippen LogP contribution >= 0.6 is 0 Å². The number of aliphatic hydroxyl groups is 1. The summed E-state index contributed by atoms with van der Waals surface area (Å²) in [6.07, 6.45) is 9.28. The second-order valence-corrected chi connectivity index (χ2v) is 6.25. The molecule has 0 aromatic rings. The van der Waals surface area contributed by atoms with Gasteiger partial charge in [-0.15, -0.1) is 0 Å². The normalized spacial score (nSPS) is 28.8. The molecular weight excluding hydrogens is 226 g/mol. The van der Waals surface area contributed by atoms with Crippen molar-refractivity contribution < 1.29 is 9.90 Å². The molecule has 2 aliphatic rings. The maximum absolute atomic E-state index is 12.3. The summed E-state index contributed by atoms with van der Waals surface area (Å²) in [6.45, 7) is 1.22. The topological polar surface area (TPSA) is 40.5 Å². The van der Waals surface area contributed by atoms with E-state index in [2.05, 4.69) is 0 Å². The second-order valence-electron chi connectivity index (χ2n) is 6.25. The molecule has 3 nitrogen and oxygen atoms in total. The van der Waals surface area contributed by atoms with Gasteiger partial charge >= 0.3 is 0 Å². The van der Waals surface area contributed by atoms with Gasteiger partial charge in [0.15, 0.2) is 0 Å². The summed E-state index contributed by atoms with van der Waals surface area (Å²) in [5.41, 5.74) is 0. The molecule has 0 spiro atoms. The zero-order chi connectivity index (χ0) is 13.0. The van der Waals surface area contributed by atoms with Crippen molar-refractivity contribution >= 4 is 5.91 Å². The Morgan fingerprint density at radius 3 is 2.28 bits per heavy atom. The molecule has 0 unspecified atom stereocenters. The second kappa shape index (κ2) is 6.55. The summed E-state index contributed by atoms with van der Waals surface area (Å²) in [5, 5.41) is 9.11. The Balaban J connectivity index is 1.69. The highest BCUT2D eigenvalue weighted by Gasteiger charge is 2.28. The van der Waals surface area contributed by atoms with Gasteiger partial charge in [-0.2, -0.15) is 0 Å². The molecular formula is C15H27NO2. The highest BCUT2D eigenvalue weighted by atomic mass is 16.3. The van der Waals surface area contributed by atoms with Gasteiger partial charge in [-0.25, -0.2) is 0 Å². The van der Waals surface area contributed by atoms with Gasteiger partial charge in [0.2, 0.25) is 5.91 Å². The van der Waals surface area contributed by atoms with Gasteiger partial charge in [0.1, 0.15) is 0 Å². The molecule has 18 heavy (non-hydrogen) atoms. The molecule has 1 N–H and O–H groups in total. The van der Waals surface area contributed by atoms with Crippen molar-refractivity contribution in [1.29, 1.82) is 0 Å². The lowest BCUT2D eigenvalue weighted by atomic mass is 9.81. The molecule has 0 aromatic carbocycles. The average molecular weight is 253 g/mol. The number of nitrogens with zero attached hydrogens (tertiary/aromatic N) is 1. The lowest BCUT2D eigenvalue weighted by molar-refractivity contribution is -0.135. The van der Waals surface area contributed by atoms with Crippen molar-refractivity contribution in [2.75, 3.05) is 20.2 Å². The third kappa shape index (κ3) is 3.47. The number of hydrogen-bond acceptors (Lipinski definition) is 2. The third-order valence-electron chi connectivity index (χ3n) is 4.93. The molecule has 0 radical (unpaired) electrons. The van der Waals surface area contributed by atoms with E-state index in [1.807, 2.05) is 11.9 Å². The minimum absolute atomic E-state index is 0.221. The molecule has 0 atom stereocenters. The maximum Gasteiger partial charge on any atom is 0.225 e. The summed E-state index contributed by atoms with van der Waals surface area (Å²) < 4.78 is 0. The van der Waals surface area contributed by atoms with Gasteiger partial charge in [0.05, 0.1) is 0 Å². The van der Waals surface area contributed by atoms with E-state index in [-0.39, 0.29) is 5.92 Å². The number of amides is 1. The number of carbonyl (C=O) groups excluding carboxylic acids is 1. The van der Waals surface area contributed by atoms with E-state index in [1.54, 1.807) is 0 Å². The first-order valence-corrected chi connectivity index (χ1v) is 7.56. The SMILES string of the molecule is CN(CCC1CCC1)C(=O)C1CCC(CO)CC1. The van der Waals surface area contributed by atoms with E-state index in [1.165, 1.54) is 25.7 Å². The largest absolute Gasteiger partial charge is 0.396 e. The predicted molar refractivity (Wildman–Crippen MR) is 72.1 cm³/mol. The number of aliphatic hydroxyl groups excluding tert-OH is 1. The summed E-state index contributed by atoms with van der Waals surface area (Å²) in [7, 11) is 1.96. The molecule has 0 bridgehead atoms. The molecule has 2 fully saturated rings. The molecule has 0 saturated heterocycles. The Kier molecular flexibility index (Phi) is 5.04. The highest BCUT2D eigenvalue weighted by molar-refractivity contribution is 5.78. The van der Waals surface area contributed by atoms with Crippen LogP contribution in [-0.2, 0) is 4.79 Å². The molecule has 104 valence electrons. The van der Waals surface area contributed by atoms with Crippen LogP contribution in [0, 0.1) is 17.8 Å². The Hall–Kier alpha value is -0.570. The molecule has 2 saturated carbocycles. The van der Waals surface area contributed by atoms with E-state index < -0.39 is 0 Å². The fourth-order valence-electron chi connectivity index (χ4n) is 3.17. The van der Waals surface area contributed by atoms with Crippen molar-refractivity contribution in [3.63, 3.8) is 0 Å². The fourth-order valence-corrected chi connectivity index (χ4v) is 3.17. The van der Waals surface area contributed by atoms with Gasteiger partial charge in [0.25, 0.3) is 0 Å². The maximum atomic E-state index is 12.3. The first-order chi connectivity index (χ1) is 8.70. The van der Waals surface area contributed by atoms with Crippen molar-refractivity contribution in [2.24, 2.45) is 17.8 Å². The Bertz CT molecular complexity index is 268. The first kappa shape index (κ1) is 13.9. The minimum atomic E-state index is 0.221. The Morgan fingerprint density at radius 1 is 1.11 bits per heavy atom. The molecule has 0 aromatic heterocycles. The Labute approximate surface area is 111 Å². The quantitative estimate of drug-likeness (QED) is 0.817. The zero-order valence-corrected chi connectivity index (χ0v) is 11.6. The predicted octanol–water partition coefficient (Wildman–Crippen LogP) is 2.43. The lowest BCUT2D eigenvalue weighted by Crippen LogP contribution is -2.36. The van der Waals surface area contributed by atoms with Crippen LogP contribution in [0.4, 0.5) is 0 Å². The first-order valence-electron chi connectivity index (χ1n) is 7.56. The summed E-state index contributed by atoms with van der Waals surface area (Å²) in [5.74, 6) is 1.88. The molecule has 2 rings (SSSR count). The van der Waals surface area contributed by atoms with Crippen molar-refractivity contribution in [3.05, 3.63) is 0 Å². The third-order valence-corrected chi connectivity index (χ3v) is 4.93. The summed E-state index contributed by atoms with van der Waals surface area (Å²) in [4.78, 5) is 14.2. The van der Waals surface area contributed by atoms with Crippen LogP contribution in [0.3, 0.4) is 0 Å². The highest BCUT2D eigenvalue weighted by Crippen LogP contribution is 2.31. The zero-order valence-electron chi connectivity index (χ0n) is 11.6. The van der Waals surface area contributed by atoms with E-state index >= 15 is 0 Å². The molecule has 1 amide bonds. The molecule has 0 heterocycles. The fraction of sp³-hybridized carbons (Fsp3) is 0.933. The summed E-state index contributed by atoms with van der Waals surface area (Å²) >= 11 is 0. The van der Waals surface area contributed by atoms with Crippen molar-refractivity contribution in [2.45, 2.75) is 51.4 Å². The minimum Gasteiger partial charge on any atom is -0.396 e. The van der Waals surface area contributed by atoms with Crippen LogP contribution in [-0.4, -0.2) is 36.1 Å². The van der Waals surface area contributed by atoms with Crippen LogP contribution in [0.15, 0.2) is 0 Å². The van der Waals surface area contributed by atoms with Gasteiger partial charge in [0, 0.05) is 26.1 Å². The van der Waals surface area contributed by atoms with Crippen LogP contribution in [0.5, 0.6) is 0 Å². The van der Waals surface area contributed by atoms with Gasteiger partial charge in [-0.05, 0) is 43.9 Å². The molecule has 2 aliphatic carbocycles. The van der Waals surface area contributed by atoms with E-state index in [0.717, 1.165) is 38.1 Å². The van der Waals surface area contributed by atoms with Gasteiger partial charge in [-0.3, -0.25) is 4.79 Å². The number of hydrogen-bond donors (Lipinski definition) is 1. The van der Waals surface area contributed by atoms with Crippen LogP contribution < -0.4 is 0 Å². The van der Waals surface area contributed by atoms with E-state index in [0.29, 0.717) is 18.4 Å². The smallest absolute Gasteiger partial charge is 0.225 e. The molecule has 3 heteroatoms. The van der Waals surface area contributed by atoms with Crippen molar-refractivity contribution in [3.8, 4) is 0 Å². The number of rotatable bonds is 5.